The Kier molecular flexibility index (Phi) is 14.0. The lowest BCUT2D eigenvalue weighted by Crippen LogP contribution is -2.40. The number of aromatic nitrogens is 4. The zero-order valence-electron chi connectivity index (χ0n) is 26.0. The van der Waals surface area contributed by atoms with E-state index in [0.717, 1.165) is 5.69 Å². The zero-order valence-corrected chi connectivity index (χ0v) is 27.7. The molecule has 1 aliphatic heterocycles. The van der Waals surface area contributed by atoms with Gasteiger partial charge in [0.1, 0.15) is 36.8 Å². The third-order valence-corrected chi connectivity index (χ3v) is 9.64. The van der Waals surface area contributed by atoms with Crippen LogP contribution in [0.1, 0.15) is 59.9 Å². The molecule has 0 amide bonds. The lowest BCUT2D eigenvalue weighted by Gasteiger charge is -2.38. The molecule has 0 aromatic carbocycles. The van der Waals surface area contributed by atoms with Crippen LogP contribution in [0.3, 0.4) is 0 Å². The van der Waals surface area contributed by atoms with Crippen molar-refractivity contribution in [2.45, 2.75) is 91.5 Å². The molecule has 3 heterocycles. The first-order chi connectivity index (χ1) is 20.1. The Morgan fingerprint density at radius 1 is 1.17 bits per heavy atom. The fourth-order valence-corrected chi connectivity index (χ4v) is 7.03. The first-order valence-corrected chi connectivity index (χ1v) is 16.4. The second-order valence-electron chi connectivity index (χ2n) is 10.5. The van der Waals surface area contributed by atoms with Crippen molar-refractivity contribution in [2.75, 3.05) is 39.3 Å². The number of allylic oxidation sites excluding steroid dienone is 1. The van der Waals surface area contributed by atoms with Crippen LogP contribution in [0.25, 0.3) is 11.2 Å². The molecule has 0 saturated carbocycles. The maximum absolute atomic E-state index is 11.5. The molecular weight excluding hydrogens is 581 g/mol. The Morgan fingerprint density at radius 2 is 1.90 bits per heavy atom. The summed E-state index contributed by atoms with van der Waals surface area (Å²) in [4.78, 5) is 24.8. The van der Waals surface area contributed by atoms with Gasteiger partial charge in [0.05, 0.1) is 37.6 Å². The summed E-state index contributed by atoms with van der Waals surface area (Å²) in [5.74, 6) is 1.20. The topological polar surface area (TPSA) is 119 Å². The molecule has 0 aliphatic carbocycles. The van der Waals surface area contributed by atoms with Crippen LogP contribution in [0, 0.1) is 6.92 Å². The number of ether oxygens (including phenoxy) is 4. The molecule has 0 spiro atoms. The molecular formula is C28H46N5O7PS. The molecule has 2 aromatic rings. The molecule has 14 heteroatoms. The number of carbonyl (C=O) groups excluding carboxylic acids is 1. The largest absolute Gasteiger partial charge is 0.496 e. The summed E-state index contributed by atoms with van der Waals surface area (Å²) >= 11 is 1.29. The van der Waals surface area contributed by atoms with Gasteiger partial charge in [-0.1, -0.05) is 25.3 Å². The van der Waals surface area contributed by atoms with Gasteiger partial charge in [-0.3, -0.25) is 9.36 Å². The monoisotopic (exact) mass is 627 g/mol. The van der Waals surface area contributed by atoms with Crippen molar-refractivity contribution in [3.63, 3.8) is 0 Å². The normalized spacial score (nSPS) is 21.6. The number of nitrogens with zero attached hydrogens (tertiary/aromatic N) is 5. The molecule has 42 heavy (non-hydrogen) atoms. The summed E-state index contributed by atoms with van der Waals surface area (Å²) in [6, 6.07) is 0.296. The van der Waals surface area contributed by atoms with Crippen molar-refractivity contribution in [1.82, 2.24) is 24.2 Å². The van der Waals surface area contributed by atoms with Gasteiger partial charge in [-0.15, -0.1) is 0 Å². The highest BCUT2D eigenvalue weighted by atomic mass is 32.2. The third kappa shape index (κ3) is 9.15. The van der Waals surface area contributed by atoms with Crippen LogP contribution in [0.2, 0.25) is 0 Å². The molecule has 12 nitrogen and oxygen atoms in total. The van der Waals surface area contributed by atoms with Crippen LogP contribution in [-0.2, 0) is 32.8 Å². The van der Waals surface area contributed by atoms with E-state index in [1.807, 2.05) is 18.4 Å². The minimum absolute atomic E-state index is 0.148. The van der Waals surface area contributed by atoms with Gasteiger partial charge >= 0.3 is 0 Å². The van der Waals surface area contributed by atoms with E-state index in [-0.39, 0.29) is 23.8 Å². The van der Waals surface area contributed by atoms with E-state index in [0.29, 0.717) is 48.9 Å². The Morgan fingerprint density at radius 3 is 2.55 bits per heavy atom. The highest BCUT2D eigenvalue weighted by Crippen LogP contribution is 2.50. The van der Waals surface area contributed by atoms with Crippen LogP contribution < -0.4 is 0 Å². The SMILES string of the molecule is C=C(C)OCC1OC(n2cnc3c(C)ncnc32)C(OC)C1OP(OCCOCCSC(=O)CC)N(C(C)C)C(C)C. The van der Waals surface area contributed by atoms with Gasteiger partial charge in [-0.2, -0.15) is 0 Å². The lowest BCUT2D eigenvalue weighted by molar-refractivity contribution is -0.110. The first kappa shape index (κ1) is 34.8. The number of imidazole rings is 1. The van der Waals surface area contributed by atoms with Crippen molar-refractivity contribution >= 4 is 36.6 Å². The van der Waals surface area contributed by atoms with Gasteiger partial charge in [0, 0.05) is 31.4 Å². The Bertz CT molecular complexity index is 1150. The third-order valence-electron chi connectivity index (χ3n) is 6.53. The maximum Gasteiger partial charge on any atom is 0.259 e. The standard InChI is InChI=1S/C28H46N5O7PS/c1-10-23(34)42-14-13-36-11-12-38-41(33(18(2)3)19(4)5)40-25-22(15-37-20(6)7)39-28(26(25)35-9)32-17-31-24-21(8)29-16-30-27(24)32/h16-19,22,25-26,28H,6,10-15H2,1-5,7-9H3. The van der Waals surface area contributed by atoms with Crippen LogP contribution in [-0.4, -0.2) is 99.0 Å². The van der Waals surface area contributed by atoms with Gasteiger partial charge in [-0.05, 0) is 41.5 Å². The van der Waals surface area contributed by atoms with E-state index in [1.54, 1.807) is 20.4 Å². The molecule has 5 atom stereocenters. The number of thioether (sulfide) groups is 1. The summed E-state index contributed by atoms with van der Waals surface area (Å²) in [7, 11) is 0.0913. The number of hydrogen-bond donors (Lipinski definition) is 0. The van der Waals surface area contributed by atoms with Gasteiger partial charge in [0.2, 0.25) is 0 Å². The molecule has 0 bridgehead atoms. The molecule has 0 radical (unpaired) electrons. The molecule has 1 saturated heterocycles. The van der Waals surface area contributed by atoms with Gasteiger partial charge in [0.15, 0.2) is 17.0 Å². The van der Waals surface area contributed by atoms with Crippen LogP contribution in [0.4, 0.5) is 0 Å². The molecule has 236 valence electrons. The van der Waals surface area contributed by atoms with E-state index < -0.39 is 33.1 Å². The summed E-state index contributed by atoms with van der Waals surface area (Å²) in [6.07, 6.45) is 1.61. The van der Waals surface area contributed by atoms with Gasteiger partial charge < -0.3 is 28.0 Å². The number of hydrogen-bond acceptors (Lipinski definition) is 12. The zero-order chi connectivity index (χ0) is 30.8. The Labute approximate surface area is 254 Å². The van der Waals surface area contributed by atoms with Gasteiger partial charge in [-0.25, -0.2) is 19.6 Å². The quantitative estimate of drug-likeness (QED) is 0.125. The van der Waals surface area contributed by atoms with Crippen molar-refractivity contribution in [3.05, 3.63) is 30.7 Å². The lowest BCUT2D eigenvalue weighted by atomic mass is 10.1. The molecule has 2 aromatic heterocycles. The highest BCUT2D eigenvalue weighted by Gasteiger charge is 2.50. The molecule has 0 N–H and O–H groups in total. The van der Waals surface area contributed by atoms with Crippen molar-refractivity contribution in [1.29, 1.82) is 0 Å². The van der Waals surface area contributed by atoms with Crippen LogP contribution in [0.15, 0.2) is 25.0 Å². The van der Waals surface area contributed by atoms with E-state index in [9.17, 15) is 4.79 Å². The van der Waals surface area contributed by atoms with E-state index >= 15 is 0 Å². The fraction of sp³-hybridized carbons (Fsp3) is 0.714. The maximum atomic E-state index is 11.5. The minimum atomic E-state index is -1.55. The number of carbonyl (C=O) groups is 1. The number of aryl methyl sites for hydroxylation is 1. The average molecular weight is 628 g/mol. The van der Waals surface area contributed by atoms with E-state index in [4.69, 9.17) is 28.0 Å². The summed E-state index contributed by atoms with van der Waals surface area (Å²) in [6.45, 7) is 19.3. The van der Waals surface area contributed by atoms with E-state index in [2.05, 4.69) is 53.9 Å². The minimum Gasteiger partial charge on any atom is -0.496 e. The summed E-state index contributed by atoms with van der Waals surface area (Å²) in [5, 5.41) is 0.164. The van der Waals surface area contributed by atoms with E-state index in [1.165, 1.54) is 18.1 Å². The molecule has 5 unspecified atom stereocenters. The Hall–Kier alpha value is -1.70. The molecule has 1 fully saturated rings. The van der Waals surface area contributed by atoms with Crippen LogP contribution >= 0.6 is 20.3 Å². The van der Waals surface area contributed by atoms with Crippen molar-refractivity contribution in [2.24, 2.45) is 0 Å². The first-order valence-electron chi connectivity index (χ1n) is 14.3. The van der Waals surface area contributed by atoms with Crippen molar-refractivity contribution in [3.8, 4) is 0 Å². The predicted molar refractivity (Wildman–Crippen MR) is 164 cm³/mol. The molecule has 1 aliphatic rings. The number of fused-ring (bicyclic) bond motifs is 1. The summed E-state index contributed by atoms with van der Waals surface area (Å²) in [5.41, 5.74) is 2.12. The van der Waals surface area contributed by atoms with Gasteiger partial charge in [0.25, 0.3) is 8.53 Å². The highest BCUT2D eigenvalue weighted by molar-refractivity contribution is 8.13. The Balaban J connectivity index is 1.81. The number of methoxy groups -OCH3 is 1. The second-order valence-corrected chi connectivity index (χ2v) is 13.0. The number of rotatable bonds is 18. The summed E-state index contributed by atoms with van der Waals surface area (Å²) < 4.78 is 41.4. The molecule has 3 rings (SSSR count). The predicted octanol–water partition coefficient (Wildman–Crippen LogP) is 5.03. The fourth-order valence-electron chi connectivity index (χ4n) is 4.65. The second kappa shape index (κ2) is 17.0. The average Bonchev–Trinajstić information content (AvgIpc) is 3.52. The smallest absolute Gasteiger partial charge is 0.259 e. The van der Waals surface area contributed by atoms with Crippen LogP contribution in [0.5, 0.6) is 0 Å². The van der Waals surface area contributed by atoms with Crippen molar-refractivity contribution < 1.29 is 32.8 Å².